The van der Waals surface area contributed by atoms with Crippen LogP contribution in [0.3, 0.4) is 0 Å². The van der Waals surface area contributed by atoms with Gasteiger partial charge in [0.2, 0.25) is 5.89 Å². The van der Waals surface area contributed by atoms with E-state index < -0.39 is 0 Å². The fraction of sp³-hybridized carbons (Fsp3) is 0.500. The lowest BCUT2D eigenvalue weighted by molar-refractivity contribution is 0.0760. The summed E-state index contributed by atoms with van der Waals surface area (Å²) in [4.78, 5) is 21.0. The predicted octanol–water partition coefficient (Wildman–Crippen LogP) is 2.51. The molecule has 0 aliphatic carbocycles. The summed E-state index contributed by atoms with van der Waals surface area (Å²) in [6.07, 6.45) is 2.69. The summed E-state index contributed by atoms with van der Waals surface area (Å²) >= 11 is 0. The second-order valence-electron chi connectivity index (χ2n) is 6.28. The number of aromatic nitrogens is 2. The Kier molecular flexibility index (Phi) is 5.75. The van der Waals surface area contributed by atoms with E-state index in [1.54, 1.807) is 0 Å². The summed E-state index contributed by atoms with van der Waals surface area (Å²) in [7, 11) is 0. The van der Waals surface area contributed by atoms with Crippen molar-refractivity contribution in [1.82, 2.24) is 19.9 Å². The standard InChI is InChI=1S/C18H23FN4O2/c1-2-4-16-20-17(25-21-16)13-22-9-3-10-23(12-11-22)18(24)14-5-7-15(19)8-6-14/h5-8H,2-4,9-13H2,1H3. The van der Waals surface area contributed by atoms with Crippen LogP contribution in [0.2, 0.25) is 0 Å². The van der Waals surface area contributed by atoms with Gasteiger partial charge in [0.05, 0.1) is 6.54 Å². The number of aryl methyl sites for hydroxylation is 1. The number of hydrogen-bond acceptors (Lipinski definition) is 5. The van der Waals surface area contributed by atoms with Crippen molar-refractivity contribution < 1.29 is 13.7 Å². The van der Waals surface area contributed by atoms with E-state index in [2.05, 4.69) is 22.0 Å². The molecule has 0 radical (unpaired) electrons. The first-order chi connectivity index (χ1) is 12.2. The molecule has 1 aliphatic heterocycles. The van der Waals surface area contributed by atoms with Crippen molar-refractivity contribution in [2.24, 2.45) is 0 Å². The Bertz CT molecular complexity index is 701. The second-order valence-corrected chi connectivity index (χ2v) is 6.28. The quantitative estimate of drug-likeness (QED) is 0.832. The lowest BCUT2D eigenvalue weighted by atomic mass is 10.2. The largest absolute Gasteiger partial charge is 0.338 e. The van der Waals surface area contributed by atoms with E-state index in [0.29, 0.717) is 31.1 Å². The molecule has 0 atom stereocenters. The molecule has 0 spiro atoms. The minimum absolute atomic E-state index is 0.0510. The van der Waals surface area contributed by atoms with Crippen molar-refractivity contribution in [2.75, 3.05) is 26.2 Å². The van der Waals surface area contributed by atoms with Crippen LogP contribution < -0.4 is 0 Å². The predicted molar refractivity (Wildman–Crippen MR) is 90.5 cm³/mol. The maximum atomic E-state index is 13.0. The molecule has 0 unspecified atom stereocenters. The molecule has 6 nitrogen and oxygen atoms in total. The summed E-state index contributed by atoms with van der Waals surface area (Å²) in [5, 5.41) is 3.98. The maximum Gasteiger partial charge on any atom is 0.253 e. The minimum Gasteiger partial charge on any atom is -0.338 e. The highest BCUT2D eigenvalue weighted by Crippen LogP contribution is 2.12. The Labute approximate surface area is 146 Å². The van der Waals surface area contributed by atoms with Crippen LogP contribution in [0.4, 0.5) is 4.39 Å². The first-order valence-electron chi connectivity index (χ1n) is 8.74. The zero-order valence-electron chi connectivity index (χ0n) is 14.4. The van der Waals surface area contributed by atoms with Gasteiger partial charge in [-0.15, -0.1) is 0 Å². The second kappa shape index (κ2) is 8.20. The number of halogens is 1. The van der Waals surface area contributed by atoms with Gasteiger partial charge in [0.1, 0.15) is 5.82 Å². The molecule has 2 aromatic rings. The van der Waals surface area contributed by atoms with Crippen LogP contribution >= 0.6 is 0 Å². The summed E-state index contributed by atoms with van der Waals surface area (Å²) in [5.41, 5.74) is 0.524. The third-order valence-corrected chi connectivity index (χ3v) is 4.31. The van der Waals surface area contributed by atoms with Crippen molar-refractivity contribution >= 4 is 5.91 Å². The van der Waals surface area contributed by atoms with Crippen LogP contribution in [-0.2, 0) is 13.0 Å². The maximum absolute atomic E-state index is 13.0. The molecular formula is C18H23FN4O2. The molecule has 3 rings (SSSR count). The zero-order valence-corrected chi connectivity index (χ0v) is 14.4. The molecule has 1 aromatic heterocycles. The van der Waals surface area contributed by atoms with E-state index >= 15 is 0 Å². The van der Waals surface area contributed by atoms with E-state index in [4.69, 9.17) is 4.52 Å². The topological polar surface area (TPSA) is 62.5 Å². The number of carbonyl (C=O) groups is 1. The molecular weight excluding hydrogens is 323 g/mol. The molecule has 1 saturated heterocycles. The van der Waals surface area contributed by atoms with E-state index in [-0.39, 0.29) is 11.7 Å². The van der Waals surface area contributed by atoms with E-state index in [1.165, 1.54) is 24.3 Å². The molecule has 25 heavy (non-hydrogen) atoms. The molecule has 0 bridgehead atoms. The van der Waals surface area contributed by atoms with Gasteiger partial charge < -0.3 is 9.42 Å². The van der Waals surface area contributed by atoms with Crippen LogP contribution in [0.1, 0.15) is 41.8 Å². The number of amides is 1. The molecule has 134 valence electrons. The van der Waals surface area contributed by atoms with Gasteiger partial charge in [-0.2, -0.15) is 4.98 Å². The SMILES string of the molecule is CCCc1noc(CN2CCCN(C(=O)c3ccc(F)cc3)CC2)n1. The first-order valence-corrected chi connectivity index (χ1v) is 8.74. The Morgan fingerprint density at radius 2 is 2.00 bits per heavy atom. The van der Waals surface area contributed by atoms with Gasteiger partial charge >= 0.3 is 0 Å². The smallest absolute Gasteiger partial charge is 0.253 e. The molecule has 0 saturated carbocycles. The fourth-order valence-corrected chi connectivity index (χ4v) is 2.98. The Morgan fingerprint density at radius 1 is 1.20 bits per heavy atom. The molecule has 1 amide bonds. The normalized spacial score (nSPS) is 16.0. The first kappa shape index (κ1) is 17.5. The number of carbonyl (C=O) groups excluding carboxylic acids is 1. The number of benzene rings is 1. The number of nitrogens with zero attached hydrogens (tertiary/aromatic N) is 4. The van der Waals surface area contributed by atoms with Gasteiger partial charge in [-0.05, 0) is 37.1 Å². The van der Waals surface area contributed by atoms with Gasteiger partial charge in [0.15, 0.2) is 5.82 Å². The molecule has 0 N–H and O–H groups in total. The highest BCUT2D eigenvalue weighted by Gasteiger charge is 2.21. The molecule has 1 aromatic carbocycles. The lowest BCUT2D eigenvalue weighted by Crippen LogP contribution is -2.35. The third kappa shape index (κ3) is 4.63. The van der Waals surface area contributed by atoms with Crippen molar-refractivity contribution in [3.8, 4) is 0 Å². The Morgan fingerprint density at radius 3 is 2.76 bits per heavy atom. The Balaban J connectivity index is 1.56. The summed E-state index contributed by atoms with van der Waals surface area (Å²) in [6, 6.07) is 5.71. The van der Waals surface area contributed by atoms with Crippen LogP contribution in [0.15, 0.2) is 28.8 Å². The highest BCUT2D eigenvalue weighted by molar-refractivity contribution is 5.94. The fourth-order valence-electron chi connectivity index (χ4n) is 2.98. The molecule has 7 heteroatoms. The van der Waals surface area contributed by atoms with Crippen molar-refractivity contribution in [1.29, 1.82) is 0 Å². The molecule has 1 aliphatic rings. The van der Waals surface area contributed by atoms with Gasteiger partial charge in [-0.25, -0.2) is 4.39 Å². The average Bonchev–Trinajstić information content (AvgIpc) is 2.91. The zero-order chi connectivity index (χ0) is 17.6. The average molecular weight is 346 g/mol. The molecule has 2 heterocycles. The van der Waals surface area contributed by atoms with Crippen LogP contribution in [0.25, 0.3) is 0 Å². The van der Waals surface area contributed by atoms with E-state index in [1.807, 2.05) is 4.90 Å². The van der Waals surface area contributed by atoms with Gasteiger partial charge in [0, 0.05) is 38.2 Å². The number of hydrogen-bond donors (Lipinski definition) is 0. The van der Waals surface area contributed by atoms with Crippen LogP contribution in [-0.4, -0.2) is 52.0 Å². The summed E-state index contributed by atoms with van der Waals surface area (Å²) in [5.74, 6) is 0.993. The number of rotatable bonds is 5. The van der Waals surface area contributed by atoms with Gasteiger partial charge in [0.25, 0.3) is 5.91 Å². The van der Waals surface area contributed by atoms with Gasteiger partial charge in [-0.1, -0.05) is 12.1 Å². The summed E-state index contributed by atoms with van der Waals surface area (Å²) in [6.45, 7) is 5.63. The summed E-state index contributed by atoms with van der Waals surface area (Å²) < 4.78 is 18.3. The van der Waals surface area contributed by atoms with E-state index in [0.717, 1.165) is 38.2 Å². The van der Waals surface area contributed by atoms with Crippen molar-refractivity contribution in [3.63, 3.8) is 0 Å². The highest BCUT2D eigenvalue weighted by atomic mass is 19.1. The van der Waals surface area contributed by atoms with Crippen LogP contribution in [0.5, 0.6) is 0 Å². The van der Waals surface area contributed by atoms with Crippen LogP contribution in [0, 0.1) is 5.82 Å². The monoisotopic (exact) mass is 346 g/mol. The van der Waals surface area contributed by atoms with Crippen molar-refractivity contribution in [3.05, 3.63) is 47.4 Å². The van der Waals surface area contributed by atoms with Crippen molar-refractivity contribution in [2.45, 2.75) is 32.7 Å². The minimum atomic E-state index is -0.333. The molecule has 1 fully saturated rings. The Hall–Kier alpha value is -2.28. The third-order valence-electron chi connectivity index (χ3n) is 4.31. The van der Waals surface area contributed by atoms with Gasteiger partial charge in [-0.3, -0.25) is 9.69 Å². The lowest BCUT2D eigenvalue weighted by Gasteiger charge is -2.21. The van der Waals surface area contributed by atoms with E-state index in [9.17, 15) is 9.18 Å².